The molecule has 0 aliphatic carbocycles. The number of rotatable bonds is 8. The largest absolute Gasteiger partial charge is 0.493 e. The quantitative estimate of drug-likeness (QED) is 0.536. The lowest BCUT2D eigenvalue weighted by Gasteiger charge is -2.18. The highest BCUT2D eigenvalue weighted by Gasteiger charge is 2.42. The molecule has 3 N–H and O–H groups in total. The summed E-state index contributed by atoms with van der Waals surface area (Å²) in [5.74, 6) is 0.717. The summed E-state index contributed by atoms with van der Waals surface area (Å²) in [6.07, 6.45) is 2.96. The van der Waals surface area contributed by atoms with Crippen LogP contribution in [0.3, 0.4) is 0 Å². The van der Waals surface area contributed by atoms with Crippen molar-refractivity contribution in [2.24, 2.45) is 0 Å². The Morgan fingerprint density at radius 2 is 1.77 bits per heavy atom. The number of benzene rings is 2. The van der Waals surface area contributed by atoms with Crippen LogP contribution in [0.1, 0.15) is 12.0 Å². The minimum atomic E-state index is -0.447. The fraction of sp³-hybridized carbons (Fsp3) is 0.304. The standard InChI is InChI=1S/C23H25N3O5/c1-29-19-10-15(11-20(30-2)22(19)31-3)26-21(27)12-18(23(26)28)24-9-8-14-13-25-17-7-5-4-6-16(14)17/h4-7,10-11,13,18,24-25H,8-9,12H2,1-3H3/p+1/t18-/m1/s1. The Bertz CT molecular complexity index is 1100. The van der Waals surface area contributed by atoms with E-state index in [0.717, 1.165) is 11.9 Å². The van der Waals surface area contributed by atoms with E-state index in [1.54, 1.807) is 12.1 Å². The van der Waals surface area contributed by atoms with E-state index < -0.39 is 6.04 Å². The molecule has 0 unspecified atom stereocenters. The molecule has 0 bridgehead atoms. The molecule has 1 aliphatic heterocycles. The number of amides is 2. The number of nitrogens with zero attached hydrogens (tertiary/aromatic N) is 1. The molecule has 2 aromatic carbocycles. The van der Waals surface area contributed by atoms with Gasteiger partial charge < -0.3 is 24.5 Å². The van der Waals surface area contributed by atoms with Crippen LogP contribution < -0.4 is 24.4 Å². The van der Waals surface area contributed by atoms with Gasteiger partial charge in [0.05, 0.1) is 40.0 Å². The number of aromatic nitrogens is 1. The second-order valence-corrected chi connectivity index (χ2v) is 7.40. The predicted octanol–water partition coefficient (Wildman–Crippen LogP) is 1.63. The Labute approximate surface area is 180 Å². The number of ether oxygens (including phenoxy) is 3. The van der Waals surface area contributed by atoms with Crippen molar-refractivity contribution in [1.82, 2.24) is 4.98 Å². The van der Waals surface area contributed by atoms with E-state index >= 15 is 0 Å². The van der Waals surface area contributed by atoms with Gasteiger partial charge in [0.15, 0.2) is 17.5 Å². The van der Waals surface area contributed by atoms with Crippen molar-refractivity contribution in [3.8, 4) is 17.2 Å². The summed E-state index contributed by atoms with van der Waals surface area (Å²) in [5.41, 5.74) is 2.71. The second-order valence-electron chi connectivity index (χ2n) is 7.40. The van der Waals surface area contributed by atoms with Gasteiger partial charge in [-0.1, -0.05) is 18.2 Å². The number of H-pyrrole nitrogens is 1. The molecule has 1 aliphatic rings. The Hall–Kier alpha value is -3.52. The Morgan fingerprint density at radius 1 is 1.06 bits per heavy atom. The van der Waals surface area contributed by atoms with Gasteiger partial charge in [-0.3, -0.25) is 9.59 Å². The SMILES string of the molecule is COc1cc(N2C(=O)C[C@@H]([NH2+]CCc3c[nH]c4ccccc34)C2=O)cc(OC)c1OC. The molecule has 0 spiro atoms. The summed E-state index contributed by atoms with van der Waals surface area (Å²) in [4.78, 5) is 30.2. The summed E-state index contributed by atoms with van der Waals surface area (Å²) in [5, 5.41) is 3.13. The lowest BCUT2D eigenvalue weighted by atomic mass is 10.1. The predicted molar refractivity (Wildman–Crippen MR) is 116 cm³/mol. The normalized spacial score (nSPS) is 16.2. The number of hydrogen-bond acceptors (Lipinski definition) is 5. The zero-order valence-corrected chi connectivity index (χ0v) is 17.8. The van der Waals surface area contributed by atoms with Crippen LogP contribution in [0.2, 0.25) is 0 Å². The van der Waals surface area contributed by atoms with Crippen LogP contribution in [0.15, 0.2) is 42.6 Å². The van der Waals surface area contributed by atoms with Gasteiger partial charge in [-0.25, -0.2) is 4.90 Å². The summed E-state index contributed by atoms with van der Waals surface area (Å²) in [6.45, 7) is 0.703. The first kappa shape index (κ1) is 20.7. The molecule has 2 amide bonds. The Morgan fingerprint density at radius 3 is 2.45 bits per heavy atom. The smallest absolute Gasteiger partial charge is 0.292 e. The molecular weight excluding hydrogens is 398 g/mol. The first-order valence-electron chi connectivity index (χ1n) is 10.1. The third kappa shape index (κ3) is 3.82. The van der Waals surface area contributed by atoms with Crippen molar-refractivity contribution in [3.05, 3.63) is 48.2 Å². The maximum Gasteiger partial charge on any atom is 0.292 e. The van der Waals surface area contributed by atoms with Crippen LogP contribution >= 0.6 is 0 Å². The van der Waals surface area contributed by atoms with Gasteiger partial charge in [0.2, 0.25) is 11.7 Å². The summed E-state index contributed by atoms with van der Waals surface area (Å²) >= 11 is 0. The molecule has 0 radical (unpaired) electrons. The van der Waals surface area contributed by atoms with Crippen molar-refractivity contribution in [1.29, 1.82) is 0 Å². The van der Waals surface area contributed by atoms with E-state index in [2.05, 4.69) is 11.1 Å². The van der Waals surface area contributed by atoms with Crippen molar-refractivity contribution < 1.29 is 29.1 Å². The Kier molecular flexibility index (Phi) is 5.81. The van der Waals surface area contributed by atoms with Crippen LogP contribution in [0, 0.1) is 0 Å². The molecule has 4 rings (SSSR count). The van der Waals surface area contributed by atoms with Crippen LogP contribution in [-0.2, 0) is 16.0 Å². The van der Waals surface area contributed by atoms with Gasteiger partial charge in [-0.2, -0.15) is 0 Å². The van der Waals surface area contributed by atoms with Crippen LogP contribution in [0.4, 0.5) is 5.69 Å². The number of carbonyl (C=O) groups is 2. The van der Waals surface area contributed by atoms with Crippen LogP contribution in [0.25, 0.3) is 10.9 Å². The van der Waals surface area contributed by atoms with Crippen LogP contribution in [-0.4, -0.2) is 50.7 Å². The number of hydrogen-bond donors (Lipinski definition) is 2. The number of aromatic amines is 1. The molecule has 1 fully saturated rings. The number of nitrogens with two attached hydrogens (primary N) is 1. The molecule has 1 atom stereocenters. The first-order chi connectivity index (χ1) is 15.1. The topological polar surface area (TPSA) is 97.5 Å². The average molecular weight is 424 g/mol. The first-order valence-corrected chi connectivity index (χ1v) is 10.1. The number of fused-ring (bicyclic) bond motifs is 1. The number of imide groups is 1. The van der Waals surface area contributed by atoms with Crippen LogP contribution in [0.5, 0.6) is 17.2 Å². The average Bonchev–Trinajstić information content (AvgIpc) is 3.33. The van der Waals surface area contributed by atoms with Gasteiger partial charge in [-0.15, -0.1) is 0 Å². The number of para-hydroxylation sites is 1. The van der Waals surface area contributed by atoms with E-state index in [1.165, 1.54) is 37.2 Å². The number of quaternary nitrogens is 1. The highest BCUT2D eigenvalue weighted by Crippen LogP contribution is 2.41. The summed E-state index contributed by atoms with van der Waals surface area (Å²) in [7, 11) is 4.50. The molecule has 3 aromatic rings. The molecule has 8 nitrogen and oxygen atoms in total. The van der Waals surface area contributed by atoms with E-state index in [9.17, 15) is 9.59 Å². The van der Waals surface area contributed by atoms with E-state index in [4.69, 9.17) is 14.2 Å². The van der Waals surface area contributed by atoms with E-state index in [1.807, 2.05) is 29.7 Å². The van der Waals surface area contributed by atoms with Crippen molar-refractivity contribution in [3.63, 3.8) is 0 Å². The highest BCUT2D eigenvalue weighted by molar-refractivity contribution is 6.22. The van der Waals surface area contributed by atoms with Gasteiger partial charge in [0.25, 0.3) is 5.91 Å². The molecule has 162 valence electrons. The number of carbonyl (C=O) groups excluding carboxylic acids is 2. The fourth-order valence-corrected chi connectivity index (χ4v) is 4.09. The zero-order chi connectivity index (χ0) is 22.0. The molecule has 2 heterocycles. The third-order valence-corrected chi connectivity index (χ3v) is 5.63. The number of nitrogens with one attached hydrogen (secondary N) is 1. The molecule has 31 heavy (non-hydrogen) atoms. The summed E-state index contributed by atoms with van der Waals surface area (Å²) < 4.78 is 16.0. The molecule has 1 aromatic heterocycles. The van der Waals surface area contributed by atoms with Crippen molar-refractivity contribution in [2.75, 3.05) is 32.8 Å². The Balaban J connectivity index is 1.47. The van der Waals surface area contributed by atoms with Crippen molar-refractivity contribution in [2.45, 2.75) is 18.9 Å². The minimum absolute atomic E-state index is 0.156. The van der Waals surface area contributed by atoms with Gasteiger partial charge in [-0.05, 0) is 11.6 Å². The lowest BCUT2D eigenvalue weighted by molar-refractivity contribution is -0.674. The van der Waals surface area contributed by atoms with Crippen molar-refractivity contribution >= 4 is 28.4 Å². The zero-order valence-electron chi connectivity index (χ0n) is 17.8. The molecule has 8 heteroatoms. The maximum atomic E-state index is 13.0. The third-order valence-electron chi connectivity index (χ3n) is 5.63. The highest BCUT2D eigenvalue weighted by atomic mass is 16.5. The van der Waals surface area contributed by atoms with E-state index in [0.29, 0.717) is 29.5 Å². The second kappa shape index (κ2) is 8.69. The number of methoxy groups -OCH3 is 3. The van der Waals surface area contributed by atoms with E-state index in [-0.39, 0.29) is 18.2 Å². The van der Waals surface area contributed by atoms with Gasteiger partial charge in [0.1, 0.15) is 0 Å². The molecular formula is C23H26N3O5+. The fourth-order valence-electron chi connectivity index (χ4n) is 4.09. The van der Waals surface area contributed by atoms with Gasteiger partial charge in [0, 0.05) is 35.7 Å². The van der Waals surface area contributed by atoms with Gasteiger partial charge >= 0.3 is 0 Å². The molecule has 1 saturated heterocycles. The maximum absolute atomic E-state index is 13.0. The molecule has 0 saturated carbocycles. The lowest BCUT2D eigenvalue weighted by Crippen LogP contribution is -2.92. The minimum Gasteiger partial charge on any atom is -0.493 e. The number of anilines is 1. The summed E-state index contributed by atoms with van der Waals surface area (Å²) in [6, 6.07) is 10.9. The monoisotopic (exact) mass is 424 g/mol.